The van der Waals surface area contributed by atoms with E-state index in [1.54, 1.807) is 6.07 Å². The predicted molar refractivity (Wildman–Crippen MR) is 65.9 cm³/mol. The quantitative estimate of drug-likeness (QED) is 0.893. The van der Waals surface area contributed by atoms with Gasteiger partial charge in [-0.3, -0.25) is 5.10 Å². The van der Waals surface area contributed by atoms with Crippen molar-refractivity contribution in [1.82, 2.24) is 10.2 Å². The first-order valence-electron chi connectivity index (χ1n) is 6.15. The van der Waals surface area contributed by atoms with Crippen LogP contribution in [-0.2, 0) is 12.8 Å². The van der Waals surface area contributed by atoms with Gasteiger partial charge in [-0.2, -0.15) is 18.3 Å². The normalized spacial score (nSPS) is 14.3. The van der Waals surface area contributed by atoms with E-state index in [9.17, 15) is 18.3 Å². The summed E-state index contributed by atoms with van der Waals surface area (Å²) in [6, 6.07) is 3.96. The van der Waals surface area contributed by atoms with Gasteiger partial charge in [-0.25, -0.2) is 0 Å². The number of aromatic amines is 1. The summed E-state index contributed by atoms with van der Waals surface area (Å²) in [4.78, 5) is 0. The van der Waals surface area contributed by atoms with Crippen LogP contribution in [0.5, 0.6) is 11.5 Å². The smallest absolute Gasteiger partial charge is 0.432 e. The molecule has 0 spiro atoms. The summed E-state index contributed by atoms with van der Waals surface area (Å²) in [5.41, 5.74) is -0.0763. The van der Waals surface area contributed by atoms with Gasteiger partial charge in [-0.1, -0.05) is 0 Å². The molecule has 21 heavy (non-hydrogen) atoms. The number of fused-ring (bicyclic) bond motifs is 1. The minimum Gasteiger partial charge on any atom is -0.486 e. The molecule has 112 valence electrons. The van der Waals surface area contributed by atoms with Crippen LogP contribution in [0.2, 0.25) is 0 Å². The Balaban J connectivity index is 2.06. The lowest BCUT2D eigenvalue weighted by Gasteiger charge is -2.20. The van der Waals surface area contributed by atoms with Crippen LogP contribution in [0.1, 0.15) is 11.3 Å². The van der Waals surface area contributed by atoms with Gasteiger partial charge in [0.25, 0.3) is 0 Å². The monoisotopic (exact) mass is 300 g/mol. The van der Waals surface area contributed by atoms with Crippen LogP contribution in [0.25, 0.3) is 11.3 Å². The van der Waals surface area contributed by atoms with Crippen molar-refractivity contribution in [3.63, 3.8) is 0 Å². The Morgan fingerprint density at radius 1 is 1.14 bits per heavy atom. The molecule has 1 aromatic heterocycles. The maximum absolute atomic E-state index is 12.6. The average molecular weight is 300 g/mol. The van der Waals surface area contributed by atoms with E-state index in [-0.39, 0.29) is 12.3 Å². The summed E-state index contributed by atoms with van der Waals surface area (Å²) in [5, 5.41) is 15.0. The number of aliphatic hydroxyl groups excluding tert-OH is 1. The first kappa shape index (κ1) is 13.7. The Kier molecular flexibility index (Phi) is 3.25. The van der Waals surface area contributed by atoms with Crippen molar-refractivity contribution < 1.29 is 27.8 Å². The highest BCUT2D eigenvalue weighted by atomic mass is 19.4. The fourth-order valence-corrected chi connectivity index (χ4v) is 2.11. The summed E-state index contributed by atoms with van der Waals surface area (Å²) in [6.07, 6.45) is -4.50. The first-order chi connectivity index (χ1) is 9.99. The zero-order valence-electron chi connectivity index (χ0n) is 10.7. The van der Waals surface area contributed by atoms with E-state index in [0.29, 0.717) is 35.8 Å². The summed E-state index contributed by atoms with van der Waals surface area (Å²) < 4.78 is 48.6. The van der Waals surface area contributed by atoms with Gasteiger partial charge in [0.05, 0.1) is 12.3 Å². The number of hydrogen-bond donors (Lipinski definition) is 2. The molecule has 0 unspecified atom stereocenters. The van der Waals surface area contributed by atoms with E-state index in [0.717, 1.165) is 6.07 Å². The molecule has 0 aliphatic carbocycles. The molecule has 0 atom stereocenters. The van der Waals surface area contributed by atoms with E-state index in [1.165, 1.54) is 6.07 Å². The number of benzene rings is 1. The van der Waals surface area contributed by atoms with Gasteiger partial charge in [-0.15, -0.1) is 0 Å². The Morgan fingerprint density at radius 2 is 1.81 bits per heavy atom. The molecule has 8 heteroatoms. The molecule has 0 fully saturated rings. The molecule has 0 saturated heterocycles. The number of nitrogens with zero attached hydrogens (tertiary/aromatic N) is 1. The standard InChI is InChI=1S/C13H11F3N2O3/c14-13(15,16)12-5-9(17-18-12)8-4-11-10(3-7(8)6-19)20-1-2-21-11/h3-5,19H,1-2,6H2,(H,17,18). The number of rotatable bonds is 2. The molecule has 2 heterocycles. The number of halogens is 3. The maximum atomic E-state index is 12.6. The second-order valence-corrected chi connectivity index (χ2v) is 4.48. The van der Waals surface area contributed by atoms with Gasteiger partial charge >= 0.3 is 6.18 Å². The third-order valence-corrected chi connectivity index (χ3v) is 3.10. The molecule has 5 nitrogen and oxygen atoms in total. The van der Waals surface area contributed by atoms with Gasteiger partial charge in [0.1, 0.15) is 18.9 Å². The van der Waals surface area contributed by atoms with Crippen molar-refractivity contribution in [3.8, 4) is 22.8 Å². The summed E-state index contributed by atoms with van der Waals surface area (Å²) in [6.45, 7) is 0.400. The minimum atomic E-state index is -4.50. The molecule has 0 radical (unpaired) electrons. The van der Waals surface area contributed by atoms with Gasteiger partial charge in [-0.05, 0) is 23.8 Å². The van der Waals surface area contributed by atoms with Crippen LogP contribution in [-0.4, -0.2) is 28.5 Å². The van der Waals surface area contributed by atoms with Gasteiger partial charge in [0, 0.05) is 5.56 Å². The number of ether oxygens (including phenoxy) is 2. The summed E-state index contributed by atoms with van der Waals surface area (Å²) in [5.74, 6) is 0.880. The Morgan fingerprint density at radius 3 is 2.38 bits per heavy atom. The highest BCUT2D eigenvalue weighted by Crippen LogP contribution is 2.38. The van der Waals surface area contributed by atoms with Crippen LogP contribution in [0.15, 0.2) is 18.2 Å². The highest BCUT2D eigenvalue weighted by Gasteiger charge is 2.33. The van der Waals surface area contributed by atoms with Gasteiger partial charge in [0.15, 0.2) is 11.5 Å². The van der Waals surface area contributed by atoms with Crippen LogP contribution in [0.3, 0.4) is 0 Å². The molecule has 1 aliphatic heterocycles. The van der Waals surface area contributed by atoms with E-state index in [1.807, 2.05) is 5.10 Å². The fourth-order valence-electron chi connectivity index (χ4n) is 2.11. The van der Waals surface area contributed by atoms with Gasteiger partial charge in [0.2, 0.25) is 0 Å². The number of aromatic nitrogens is 2. The average Bonchev–Trinajstić information content (AvgIpc) is 2.95. The van der Waals surface area contributed by atoms with Crippen LogP contribution >= 0.6 is 0 Å². The molecule has 0 saturated carbocycles. The molecule has 0 amide bonds. The third-order valence-electron chi connectivity index (χ3n) is 3.10. The molecule has 2 aromatic rings. The SMILES string of the molecule is OCc1cc2c(cc1-c1cc(C(F)(F)F)[nH]n1)OCCO2. The molecule has 3 rings (SSSR count). The Hall–Kier alpha value is -2.22. The highest BCUT2D eigenvalue weighted by molar-refractivity contribution is 5.68. The number of hydrogen-bond acceptors (Lipinski definition) is 4. The van der Waals surface area contributed by atoms with Crippen molar-refractivity contribution in [3.05, 3.63) is 29.5 Å². The van der Waals surface area contributed by atoms with E-state index in [4.69, 9.17) is 9.47 Å². The second kappa shape index (κ2) is 4.96. The van der Waals surface area contributed by atoms with Crippen molar-refractivity contribution in [1.29, 1.82) is 0 Å². The van der Waals surface area contributed by atoms with Crippen molar-refractivity contribution >= 4 is 0 Å². The van der Waals surface area contributed by atoms with E-state index in [2.05, 4.69) is 5.10 Å². The maximum Gasteiger partial charge on any atom is 0.432 e. The molecule has 0 bridgehead atoms. The van der Waals surface area contributed by atoms with Crippen molar-refractivity contribution in [2.75, 3.05) is 13.2 Å². The summed E-state index contributed by atoms with van der Waals surface area (Å²) in [7, 11) is 0. The lowest BCUT2D eigenvalue weighted by molar-refractivity contribution is -0.141. The van der Waals surface area contributed by atoms with Crippen LogP contribution in [0.4, 0.5) is 13.2 Å². The number of aliphatic hydroxyl groups is 1. The molecular formula is C13H11F3N2O3. The number of alkyl halides is 3. The summed E-state index contributed by atoms with van der Waals surface area (Å²) >= 11 is 0. The Bertz CT molecular complexity index is 667. The molecule has 1 aromatic carbocycles. The van der Waals surface area contributed by atoms with Crippen LogP contribution in [0, 0.1) is 0 Å². The lowest BCUT2D eigenvalue weighted by atomic mass is 10.0. The molecular weight excluding hydrogens is 289 g/mol. The fraction of sp³-hybridized carbons (Fsp3) is 0.308. The van der Waals surface area contributed by atoms with Crippen molar-refractivity contribution in [2.24, 2.45) is 0 Å². The second-order valence-electron chi connectivity index (χ2n) is 4.48. The number of H-pyrrole nitrogens is 1. The third kappa shape index (κ3) is 2.54. The number of nitrogens with one attached hydrogen (secondary N) is 1. The van der Waals surface area contributed by atoms with E-state index >= 15 is 0 Å². The lowest BCUT2D eigenvalue weighted by Crippen LogP contribution is -2.15. The van der Waals surface area contributed by atoms with Gasteiger partial charge < -0.3 is 14.6 Å². The molecule has 1 aliphatic rings. The minimum absolute atomic E-state index is 0.0864. The van der Waals surface area contributed by atoms with Crippen LogP contribution < -0.4 is 9.47 Å². The largest absolute Gasteiger partial charge is 0.486 e. The molecule has 2 N–H and O–H groups in total. The zero-order valence-corrected chi connectivity index (χ0v) is 10.7. The zero-order chi connectivity index (χ0) is 15.0. The first-order valence-corrected chi connectivity index (χ1v) is 6.15. The van der Waals surface area contributed by atoms with E-state index < -0.39 is 11.9 Å². The predicted octanol–water partition coefficient (Wildman–Crippen LogP) is 2.36. The topological polar surface area (TPSA) is 67.4 Å². The van der Waals surface area contributed by atoms with Crippen molar-refractivity contribution in [2.45, 2.75) is 12.8 Å². The Labute approximate surface area is 117 Å².